The number of likely N-dealkylation sites (N-methyl/N-ethyl adjacent to an activating group) is 2. The lowest BCUT2D eigenvalue weighted by Crippen LogP contribution is -2.31. The average molecular weight is 475 g/mol. The Morgan fingerprint density at radius 3 is 1.47 bits per heavy atom. The number of ether oxygens (including phenoxy) is 4. The van der Waals surface area contributed by atoms with Crippen LogP contribution in [0.3, 0.4) is 0 Å². The van der Waals surface area contributed by atoms with Crippen LogP contribution in [0.25, 0.3) is 0 Å². The van der Waals surface area contributed by atoms with Gasteiger partial charge in [-0.05, 0) is 24.3 Å². The van der Waals surface area contributed by atoms with E-state index in [1.165, 1.54) is 9.80 Å². The topological polar surface area (TPSA) is 120 Å². The molecule has 0 spiro atoms. The molecule has 34 heavy (non-hydrogen) atoms. The Bertz CT molecular complexity index is 812. The standard InChI is InChI=1S/C23H30N4O7/c1-26(13-9-19-7-3-5-11-24-19)21(28)31-15-17-33-23(30)34-18-16-32-22(29)27(2)14-10-20-8-4-6-12-25-20/h3-8,11-12H,9-10,13-18H2,1-2H3. The third-order valence-corrected chi connectivity index (χ3v) is 4.54. The number of carbonyl (C=O) groups excluding carboxylic acids is 3. The normalized spacial score (nSPS) is 10.2. The summed E-state index contributed by atoms with van der Waals surface area (Å²) < 4.78 is 19.7. The van der Waals surface area contributed by atoms with Crippen molar-refractivity contribution >= 4 is 18.3 Å². The van der Waals surface area contributed by atoms with E-state index in [1.807, 2.05) is 36.4 Å². The maximum atomic E-state index is 11.9. The summed E-state index contributed by atoms with van der Waals surface area (Å²) in [4.78, 5) is 46.6. The van der Waals surface area contributed by atoms with Crippen molar-refractivity contribution in [1.82, 2.24) is 19.8 Å². The first-order valence-electron chi connectivity index (χ1n) is 10.8. The van der Waals surface area contributed by atoms with E-state index >= 15 is 0 Å². The molecular formula is C23H30N4O7. The van der Waals surface area contributed by atoms with Gasteiger partial charge in [-0.15, -0.1) is 0 Å². The minimum Gasteiger partial charge on any atom is -0.446 e. The Labute approximate surface area is 198 Å². The van der Waals surface area contributed by atoms with Crippen LogP contribution < -0.4 is 0 Å². The summed E-state index contributed by atoms with van der Waals surface area (Å²) in [5.74, 6) is 0. The van der Waals surface area contributed by atoms with Crippen LogP contribution in [0.2, 0.25) is 0 Å². The van der Waals surface area contributed by atoms with Crippen molar-refractivity contribution in [3.63, 3.8) is 0 Å². The second-order valence-electron chi connectivity index (χ2n) is 7.16. The predicted octanol–water partition coefficient (Wildman–Crippen LogP) is 2.55. The third kappa shape index (κ3) is 10.6. The zero-order chi connectivity index (χ0) is 24.6. The lowest BCUT2D eigenvalue weighted by molar-refractivity contribution is 0.0211. The molecule has 0 aliphatic rings. The second-order valence-corrected chi connectivity index (χ2v) is 7.16. The SMILES string of the molecule is CN(CCc1ccccn1)C(=O)OCCOC(=O)OCCOC(=O)N(C)CCc1ccccn1. The number of aromatic nitrogens is 2. The van der Waals surface area contributed by atoms with Crippen molar-refractivity contribution in [2.45, 2.75) is 12.8 Å². The Balaban J connectivity index is 1.47. The van der Waals surface area contributed by atoms with E-state index in [1.54, 1.807) is 26.5 Å². The largest absolute Gasteiger partial charge is 0.508 e. The molecule has 2 amide bonds. The Morgan fingerprint density at radius 2 is 1.09 bits per heavy atom. The number of hydrogen-bond acceptors (Lipinski definition) is 9. The van der Waals surface area contributed by atoms with Gasteiger partial charge < -0.3 is 28.7 Å². The van der Waals surface area contributed by atoms with Crippen LogP contribution in [-0.4, -0.2) is 91.7 Å². The van der Waals surface area contributed by atoms with Gasteiger partial charge in [-0.1, -0.05) is 12.1 Å². The molecule has 0 aliphatic carbocycles. The lowest BCUT2D eigenvalue weighted by atomic mass is 10.2. The number of nitrogens with zero attached hydrogens (tertiary/aromatic N) is 4. The van der Waals surface area contributed by atoms with Gasteiger partial charge >= 0.3 is 18.3 Å². The van der Waals surface area contributed by atoms with E-state index in [0.29, 0.717) is 25.9 Å². The minimum absolute atomic E-state index is 0.113. The van der Waals surface area contributed by atoms with Crippen LogP contribution in [0.15, 0.2) is 48.8 Å². The molecule has 0 N–H and O–H groups in total. The third-order valence-electron chi connectivity index (χ3n) is 4.54. The fraction of sp³-hybridized carbons (Fsp3) is 0.435. The van der Waals surface area contributed by atoms with E-state index in [0.717, 1.165) is 11.4 Å². The van der Waals surface area contributed by atoms with Gasteiger partial charge in [0.05, 0.1) is 0 Å². The van der Waals surface area contributed by atoms with E-state index in [4.69, 9.17) is 18.9 Å². The summed E-state index contributed by atoms with van der Waals surface area (Å²) in [7, 11) is 3.22. The summed E-state index contributed by atoms with van der Waals surface area (Å²) in [5.41, 5.74) is 1.74. The van der Waals surface area contributed by atoms with Gasteiger partial charge in [0.2, 0.25) is 0 Å². The summed E-state index contributed by atoms with van der Waals surface area (Å²) >= 11 is 0. The zero-order valence-corrected chi connectivity index (χ0v) is 19.4. The molecule has 0 saturated carbocycles. The van der Waals surface area contributed by atoms with E-state index in [-0.39, 0.29) is 26.4 Å². The Kier molecular flexibility index (Phi) is 11.7. The smallest absolute Gasteiger partial charge is 0.446 e. The van der Waals surface area contributed by atoms with Crippen LogP contribution in [0, 0.1) is 0 Å². The van der Waals surface area contributed by atoms with E-state index in [9.17, 15) is 14.4 Å². The van der Waals surface area contributed by atoms with Crippen LogP contribution >= 0.6 is 0 Å². The van der Waals surface area contributed by atoms with Crippen molar-refractivity contribution in [1.29, 1.82) is 0 Å². The Hall–Kier alpha value is -3.89. The molecule has 2 rings (SSSR count). The van der Waals surface area contributed by atoms with Crippen molar-refractivity contribution < 1.29 is 33.3 Å². The molecule has 0 unspecified atom stereocenters. The van der Waals surface area contributed by atoms with Crippen molar-refractivity contribution in [2.24, 2.45) is 0 Å². The first kappa shape index (κ1) is 26.4. The van der Waals surface area contributed by atoms with Gasteiger partial charge in [0, 0.05) is 63.8 Å². The molecule has 0 bridgehead atoms. The quantitative estimate of drug-likeness (QED) is 0.260. The summed E-state index contributed by atoms with van der Waals surface area (Å²) in [5, 5.41) is 0. The number of hydrogen-bond donors (Lipinski definition) is 0. The number of carbonyl (C=O) groups is 3. The van der Waals surface area contributed by atoms with Crippen LogP contribution in [0.5, 0.6) is 0 Å². The van der Waals surface area contributed by atoms with E-state index < -0.39 is 18.3 Å². The monoisotopic (exact) mass is 474 g/mol. The number of amides is 2. The van der Waals surface area contributed by atoms with Crippen molar-refractivity contribution in [3.8, 4) is 0 Å². The maximum absolute atomic E-state index is 11.9. The molecule has 0 atom stereocenters. The minimum atomic E-state index is -0.945. The molecule has 0 radical (unpaired) electrons. The molecule has 0 fully saturated rings. The molecule has 0 saturated heterocycles. The first-order chi connectivity index (χ1) is 16.5. The molecule has 184 valence electrons. The van der Waals surface area contributed by atoms with Gasteiger partial charge in [-0.3, -0.25) is 9.97 Å². The summed E-state index contributed by atoms with van der Waals surface area (Å²) in [6.45, 7) is 0.338. The first-order valence-corrected chi connectivity index (χ1v) is 10.8. The Morgan fingerprint density at radius 1 is 0.676 bits per heavy atom. The predicted molar refractivity (Wildman–Crippen MR) is 121 cm³/mol. The highest BCUT2D eigenvalue weighted by molar-refractivity contribution is 5.67. The van der Waals surface area contributed by atoms with Gasteiger partial charge in [-0.25, -0.2) is 14.4 Å². The van der Waals surface area contributed by atoms with Crippen LogP contribution in [0.1, 0.15) is 11.4 Å². The van der Waals surface area contributed by atoms with E-state index in [2.05, 4.69) is 9.97 Å². The van der Waals surface area contributed by atoms with Gasteiger partial charge in [-0.2, -0.15) is 0 Å². The van der Waals surface area contributed by atoms with Crippen LogP contribution in [0.4, 0.5) is 14.4 Å². The number of pyridine rings is 2. The van der Waals surface area contributed by atoms with Crippen molar-refractivity contribution in [3.05, 3.63) is 60.2 Å². The molecular weight excluding hydrogens is 444 g/mol. The second kappa shape index (κ2) is 15.0. The fourth-order valence-electron chi connectivity index (χ4n) is 2.61. The summed E-state index contributed by atoms with van der Waals surface area (Å²) in [6.07, 6.45) is 2.56. The molecule has 2 aromatic heterocycles. The fourth-order valence-corrected chi connectivity index (χ4v) is 2.61. The number of rotatable bonds is 12. The molecule has 11 nitrogen and oxygen atoms in total. The summed E-state index contributed by atoms with van der Waals surface area (Å²) in [6, 6.07) is 11.2. The lowest BCUT2D eigenvalue weighted by Gasteiger charge is -2.17. The van der Waals surface area contributed by atoms with Crippen LogP contribution in [-0.2, 0) is 31.8 Å². The highest BCUT2D eigenvalue weighted by Crippen LogP contribution is 2.00. The molecule has 11 heteroatoms. The highest BCUT2D eigenvalue weighted by atomic mass is 16.7. The molecule has 0 aromatic carbocycles. The molecule has 0 aliphatic heterocycles. The highest BCUT2D eigenvalue weighted by Gasteiger charge is 2.13. The molecule has 2 aromatic rings. The van der Waals surface area contributed by atoms with Gasteiger partial charge in [0.1, 0.15) is 26.4 Å². The van der Waals surface area contributed by atoms with Crippen molar-refractivity contribution in [2.75, 3.05) is 53.6 Å². The maximum Gasteiger partial charge on any atom is 0.508 e. The average Bonchev–Trinajstić information content (AvgIpc) is 2.87. The zero-order valence-electron chi connectivity index (χ0n) is 19.4. The van der Waals surface area contributed by atoms with Gasteiger partial charge in [0.25, 0.3) is 0 Å². The van der Waals surface area contributed by atoms with Gasteiger partial charge in [0.15, 0.2) is 0 Å². The molecule has 2 heterocycles.